The van der Waals surface area contributed by atoms with Crippen molar-refractivity contribution in [2.75, 3.05) is 0 Å². The first-order valence-electron chi connectivity index (χ1n) is 7.14. The SMILES string of the molecule is CCCCC/C=C/Cc1ccccc1-n1cccn1. The lowest BCUT2D eigenvalue weighted by Gasteiger charge is -2.07. The summed E-state index contributed by atoms with van der Waals surface area (Å²) in [7, 11) is 0. The van der Waals surface area contributed by atoms with Crippen molar-refractivity contribution in [3.05, 3.63) is 60.4 Å². The summed E-state index contributed by atoms with van der Waals surface area (Å²) in [5.41, 5.74) is 2.49. The molecule has 0 atom stereocenters. The lowest BCUT2D eigenvalue weighted by atomic mass is 10.1. The number of para-hydroxylation sites is 1. The van der Waals surface area contributed by atoms with Gasteiger partial charge in [-0.1, -0.05) is 50.1 Å². The van der Waals surface area contributed by atoms with E-state index < -0.39 is 0 Å². The largest absolute Gasteiger partial charge is 0.241 e. The Balaban J connectivity index is 1.97. The Bertz CT molecular complexity index is 498. The van der Waals surface area contributed by atoms with Crippen LogP contribution in [0.15, 0.2) is 54.9 Å². The van der Waals surface area contributed by atoms with E-state index in [4.69, 9.17) is 0 Å². The molecule has 2 aromatic rings. The summed E-state index contributed by atoms with van der Waals surface area (Å²) in [6.07, 6.45) is 14.5. The molecule has 0 saturated carbocycles. The predicted molar refractivity (Wildman–Crippen MR) is 80.6 cm³/mol. The van der Waals surface area contributed by atoms with Crippen molar-refractivity contribution in [2.24, 2.45) is 0 Å². The minimum atomic E-state index is 0.974. The number of unbranched alkanes of at least 4 members (excludes halogenated alkanes) is 3. The molecule has 0 aliphatic heterocycles. The van der Waals surface area contributed by atoms with Gasteiger partial charge in [-0.25, -0.2) is 4.68 Å². The zero-order valence-corrected chi connectivity index (χ0v) is 11.6. The molecule has 0 aliphatic rings. The fourth-order valence-electron chi connectivity index (χ4n) is 2.16. The van der Waals surface area contributed by atoms with Gasteiger partial charge in [0, 0.05) is 12.4 Å². The lowest BCUT2D eigenvalue weighted by molar-refractivity contribution is 0.728. The molecule has 0 spiro atoms. The molecule has 0 aliphatic carbocycles. The quantitative estimate of drug-likeness (QED) is 0.523. The monoisotopic (exact) mass is 254 g/mol. The van der Waals surface area contributed by atoms with Crippen LogP contribution in [0.4, 0.5) is 0 Å². The minimum Gasteiger partial charge on any atom is -0.241 e. The molecule has 2 nitrogen and oxygen atoms in total. The molecule has 1 aromatic carbocycles. The van der Waals surface area contributed by atoms with E-state index in [2.05, 4.69) is 48.4 Å². The van der Waals surface area contributed by atoms with Crippen molar-refractivity contribution >= 4 is 0 Å². The highest BCUT2D eigenvalue weighted by atomic mass is 15.3. The normalized spacial score (nSPS) is 11.2. The van der Waals surface area contributed by atoms with Crippen LogP contribution in [-0.4, -0.2) is 9.78 Å². The average Bonchev–Trinajstić information content (AvgIpc) is 2.97. The Kier molecular flexibility index (Phi) is 5.42. The van der Waals surface area contributed by atoms with Gasteiger partial charge < -0.3 is 0 Å². The van der Waals surface area contributed by atoms with Gasteiger partial charge in [0.15, 0.2) is 0 Å². The number of rotatable bonds is 7. The fraction of sp³-hybridized carbons (Fsp3) is 0.353. The number of nitrogens with zero attached hydrogens (tertiary/aromatic N) is 2. The zero-order valence-electron chi connectivity index (χ0n) is 11.6. The van der Waals surface area contributed by atoms with Gasteiger partial charge in [0.25, 0.3) is 0 Å². The lowest BCUT2D eigenvalue weighted by Crippen LogP contribution is -1.99. The van der Waals surface area contributed by atoms with Crippen molar-refractivity contribution in [1.82, 2.24) is 9.78 Å². The van der Waals surface area contributed by atoms with Crippen molar-refractivity contribution in [2.45, 2.75) is 39.0 Å². The Morgan fingerprint density at radius 1 is 1.11 bits per heavy atom. The van der Waals surface area contributed by atoms with Gasteiger partial charge >= 0.3 is 0 Å². The molecule has 0 fully saturated rings. The van der Waals surface area contributed by atoms with Crippen molar-refractivity contribution < 1.29 is 0 Å². The fourth-order valence-corrected chi connectivity index (χ4v) is 2.16. The smallest absolute Gasteiger partial charge is 0.0680 e. The van der Waals surface area contributed by atoms with Crippen LogP contribution in [0.3, 0.4) is 0 Å². The maximum Gasteiger partial charge on any atom is 0.0680 e. The van der Waals surface area contributed by atoms with E-state index in [1.54, 1.807) is 0 Å². The summed E-state index contributed by atoms with van der Waals surface area (Å²) in [5, 5.41) is 4.31. The predicted octanol–water partition coefficient (Wildman–Crippen LogP) is 4.55. The zero-order chi connectivity index (χ0) is 13.3. The van der Waals surface area contributed by atoms with Crippen molar-refractivity contribution in [3.8, 4) is 5.69 Å². The van der Waals surface area contributed by atoms with Gasteiger partial charge in [-0.05, 0) is 37.0 Å². The third-order valence-corrected chi connectivity index (χ3v) is 3.22. The van der Waals surface area contributed by atoms with Crippen LogP contribution in [0, 0.1) is 0 Å². The maximum absolute atomic E-state index is 4.31. The highest BCUT2D eigenvalue weighted by Crippen LogP contribution is 2.14. The number of hydrogen-bond donors (Lipinski definition) is 0. The molecular formula is C17H22N2. The molecular weight excluding hydrogens is 232 g/mol. The van der Waals surface area contributed by atoms with E-state index >= 15 is 0 Å². The highest BCUT2D eigenvalue weighted by molar-refractivity contribution is 5.41. The summed E-state index contributed by atoms with van der Waals surface area (Å²) >= 11 is 0. The van der Waals surface area contributed by atoms with Gasteiger partial charge in [0.1, 0.15) is 0 Å². The molecule has 1 heterocycles. The van der Waals surface area contributed by atoms with Crippen LogP contribution in [0.5, 0.6) is 0 Å². The first-order chi connectivity index (χ1) is 9.42. The third-order valence-electron chi connectivity index (χ3n) is 3.22. The van der Waals surface area contributed by atoms with Gasteiger partial charge in [0.05, 0.1) is 5.69 Å². The molecule has 0 bridgehead atoms. The second kappa shape index (κ2) is 7.57. The summed E-state index contributed by atoms with van der Waals surface area (Å²) < 4.78 is 1.93. The van der Waals surface area contributed by atoms with Gasteiger partial charge in [-0.15, -0.1) is 0 Å². The van der Waals surface area contributed by atoms with E-state index in [0.29, 0.717) is 0 Å². The van der Waals surface area contributed by atoms with Crippen LogP contribution in [0.1, 0.15) is 38.2 Å². The Morgan fingerprint density at radius 3 is 2.79 bits per heavy atom. The van der Waals surface area contributed by atoms with E-state index in [1.165, 1.54) is 36.9 Å². The van der Waals surface area contributed by atoms with E-state index in [-0.39, 0.29) is 0 Å². The highest BCUT2D eigenvalue weighted by Gasteiger charge is 2.01. The van der Waals surface area contributed by atoms with Crippen LogP contribution < -0.4 is 0 Å². The summed E-state index contributed by atoms with van der Waals surface area (Å²) in [4.78, 5) is 0. The first kappa shape index (κ1) is 13.6. The average molecular weight is 254 g/mol. The second-order valence-corrected chi connectivity index (χ2v) is 4.75. The Labute approximate surface area is 115 Å². The van der Waals surface area contributed by atoms with Gasteiger partial charge in [-0.3, -0.25) is 0 Å². The minimum absolute atomic E-state index is 0.974. The van der Waals surface area contributed by atoms with E-state index in [1.807, 2.05) is 23.1 Å². The number of aromatic nitrogens is 2. The van der Waals surface area contributed by atoms with Crippen LogP contribution >= 0.6 is 0 Å². The molecule has 19 heavy (non-hydrogen) atoms. The van der Waals surface area contributed by atoms with Gasteiger partial charge in [0.2, 0.25) is 0 Å². The van der Waals surface area contributed by atoms with E-state index in [0.717, 1.165) is 6.42 Å². The molecule has 0 N–H and O–H groups in total. The van der Waals surface area contributed by atoms with Crippen LogP contribution in [0.2, 0.25) is 0 Å². The molecule has 0 saturated heterocycles. The number of hydrogen-bond acceptors (Lipinski definition) is 1. The summed E-state index contributed by atoms with van der Waals surface area (Å²) in [6, 6.07) is 10.4. The second-order valence-electron chi connectivity index (χ2n) is 4.75. The maximum atomic E-state index is 4.31. The topological polar surface area (TPSA) is 17.8 Å². The molecule has 0 unspecified atom stereocenters. The standard InChI is InChI=1S/C17H22N2/c1-2-3-4-5-6-7-11-16-12-8-9-13-17(16)19-15-10-14-18-19/h6-10,12-15H,2-5,11H2,1H3/b7-6+. The molecule has 1 aromatic heterocycles. The van der Waals surface area contributed by atoms with Crippen molar-refractivity contribution in [1.29, 1.82) is 0 Å². The van der Waals surface area contributed by atoms with E-state index in [9.17, 15) is 0 Å². The van der Waals surface area contributed by atoms with Gasteiger partial charge in [-0.2, -0.15) is 5.10 Å². The van der Waals surface area contributed by atoms with Crippen molar-refractivity contribution in [3.63, 3.8) is 0 Å². The molecule has 100 valence electrons. The summed E-state index contributed by atoms with van der Waals surface area (Å²) in [5.74, 6) is 0. The molecule has 2 heteroatoms. The third kappa shape index (κ3) is 4.09. The number of allylic oxidation sites excluding steroid dienone is 2. The number of benzene rings is 1. The Hall–Kier alpha value is -1.83. The van der Waals surface area contributed by atoms with Crippen LogP contribution in [-0.2, 0) is 6.42 Å². The molecule has 2 rings (SSSR count). The first-order valence-corrected chi connectivity index (χ1v) is 7.14. The summed E-state index contributed by atoms with van der Waals surface area (Å²) in [6.45, 7) is 2.24. The molecule has 0 radical (unpaired) electrons. The Morgan fingerprint density at radius 2 is 2.00 bits per heavy atom. The van der Waals surface area contributed by atoms with Crippen LogP contribution in [0.25, 0.3) is 5.69 Å². The molecule has 0 amide bonds.